The van der Waals surface area contributed by atoms with Crippen molar-refractivity contribution in [1.82, 2.24) is 9.62 Å². The van der Waals surface area contributed by atoms with Crippen LogP contribution in [-0.4, -0.2) is 46.8 Å². The van der Waals surface area contributed by atoms with E-state index < -0.39 is 20.0 Å². The minimum absolute atomic E-state index is 0.00833. The Labute approximate surface area is 186 Å². The highest BCUT2D eigenvalue weighted by molar-refractivity contribution is 7.92. The first kappa shape index (κ1) is 22.1. The summed E-state index contributed by atoms with van der Waals surface area (Å²) in [5.74, 6) is -0.264. The van der Waals surface area contributed by atoms with Gasteiger partial charge in [0.25, 0.3) is 15.9 Å². The molecule has 2 aliphatic rings. The number of anilines is 1. The highest BCUT2D eigenvalue weighted by Gasteiger charge is 2.29. The van der Waals surface area contributed by atoms with Crippen LogP contribution in [0.5, 0.6) is 0 Å². The molecule has 0 unspecified atom stereocenters. The summed E-state index contributed by atoms with van der Waals surface area (Å²) in [6.45, 7) is 1.25. The van der Waals surface area contributed by atoms with E-state index in [1.807, 2.05) is 0 Å². The van der Waals surface area contributed by atoms with Crippen LogP contribution in [0.25, 0.3) is 0 Å². The Hall–Kier alpha value is -2.14. The molecule has 166 valence electrons. The molecule has 0 atom stereocenters. The third-order valence-electron chi connectivity index (χ3n) is 5.19. The molecule has 0 radical (unpaired) electrons. The van der Waals surface area contributed by atoms with Gasteiger partial charge in [0.1, 0.15) is 0 Å². The average molecular weight is 484 g/mol. The summed E-state index contributed by atoms with van der Waals surface area (Å²) in [5.41, 5.74) is 0.291. The molecule has 0 aromatic heterocycles. The van der Waals surface area contributed by atoms with Crippen LogP contribution in [0.4, 0.5) is 5.69 Å². The maximum Gasteiger partial charge on any atom is 0.261 e. The van der Waals surface area contributed by atoms with Crippen molar-refractivity contribution < 1.29 is 21.6 Å². The van der Waals surface area contributed by atoms with Crippen LogP contribution < -0.4 is 9.44 Å². The lowest BCUT2D eigenvalue weighted by Crippen LogP contribution is -2.29. The van der Waals surface area contributed by atoms with Crippen molar-refractivity contribution in [2.24, 2.45) is 0 Å². The van der Waals surface area contributed by atoms with Crippen LogP contribution >= 0.6 is 11.6 Å². The lowest BCUT2D eigenvalue weighted by atomic mass is 10.1. The van der Waals surface area contributed by atoms with Gasteiger partial charge in [0.05, 0.1) is 21.0 Å². The molecule has 2 fully saturated rings. The molecule has 1 saturated carbocycles. The van der Waals surface area contributed by atoms with E-state index in [1.54, 1.807) is 4.90 Å². The van der Waals surface area contributed by atoms with Gasteiger partial charge in [-0.15, -0.1) is 0 Å². The molecule has 2 aromatic carbocycles. The van der Waals surface area contributed by atoms with Crippen molar-refractivity contribution in [3.8, 4) is 0 Å². The predicted octanol–water partition coefficient (Wildman–Crippen LogP) is 2.82. The normalized spacial score (nSPS) is 17.0. The molecular formula is C20H22ClN3O5S2. The van der Waals surface area contributed by atoms with Crippen LogP contribution in [0.15, 0.2) is 52.3 Å². The fraction of sp³-hybridized carbons (Fsp3) is 0.350. The summed E-state index contributed by atoms with van der Waals surface area (Å²) in [6, 6.07) is 9.30. The van der Waals surface area contributed by atoms with E-state index >= 15 is 0 Å². The summed E-state index contributed by atoms with van der Waals surface area (Å²) in [5, 5.41) is 0.281. The van der Waals surface area contributed by atoms with Crippen molar-refractivity contribution in [3.05, 3.63) is 53.1 Å². The minimum Gasteiger partial charge on any atom is -0.339 e. The summed E-state index contributed by atoms with van der Waals surface area (Å²) in [4.78, 5) is 14.4. The lowest BCUT2D eigenvalue weighted by molar-refractivity contribution is 0.0794. The second kappa shape index (κ2) is 8.42. The summed E-state index contributed by atoms with van der Waals surface area (Å²) in [7, 11) is -7.76. The number of halogens is 1. The van der Waals surface area contributed by atoms with Gasteiger partial charge in [-0.3, -0.25) is 9.52 Å². The van der Waals surface area contributed by atoms with E-state index in [4.69, 9.17) is 11.6 Å². The number of amides is 1. The summed E-state index contributed by atoms with van der Waals surface area (Å²) < 4.78 is 55.4. The second-order valence-corrected chi connectivity index (χ2v) is 11.5. The molecule has 0 spiro atoms. The molecule has 1 heterocycles. The van der Waals surface area contributed by atoms with Gasteiger partial charge < -0.3 is 4.90 Å². The van der Waals surface area contributed by atoms with Crippen LogP contribution in [0.2, 0.25) is 5.02 Å². The first-order valence-corrected chi connectivity index (χ1v) is 13.2. The molecule has 31 heavy (non-hydrogen) atoms. The van der Waals surface area contributed by atoms with Gasteiger partial charge in [-0.1, -0.05) is 11.6 Å². The summed E-state index contributed by atoms with van der Waals surface area (Å²) >= 11 is 6.04. The smallest absolute Gasteiger partial charge is 0.261 e. The first-order chi connectivity index (χ1) is 14.7. The molecule has 4 rings (SSSR count). The van der Waals surface area contributed by atoms with Crippen molar-refractivity contribution in [1.29, 1.82) is 0 Å². The highest BCUT2D eigenvalue weighted by Crippen LogP contribution is 2.27. The van der Waals surface area contributed by atoms with Gasteiger partial charge in [-0.05, 0) is 68.1 Å². The van der Waals surface area contributed by atoms with E-state index in [9.17, 15) is 21.6 Å². The Bertz CT molecular complexity index is 1200. The zero-order valence-electron chi connectivity index (χ0n) is 16.5. The van der Waals surface area contributed by atoms with E-state index in [0.29, 0.717) is 13.1 Å². The third kappa shape index (κ3) is 5.03. The van der Waals surface area contributed by atoms with Gasteiger partial charge in [0.15, 0.2) is 0 Å². The molecule has 1 aliphatic heterocycles. The number of hydrogen-bond donors (Lipinski definition) is 2. The molecule has 1 saturated heterocycles. The van der Waals surface area contributed by atoms with Crippen molar-refractivity contribution >= 4 is 43.2 Å². The van der Waals surface area contributed by atoms with Crippen molar-refractivity contribution in [2.45, 2.75) is 41.5 Å². The van der Waals surface area contributed by atoms with Crippen LogP contribution in [0.3, 0.4) is 0 Å². The topological polar surface area (TPSA) is 113 Å². The van der Waals surface area contributed by atoms with Gasteiger partial charge in [0.2, 0.25) is 10.0 Å². The maximum absolute atomic E-state index is 12.9. The van der Waals surface area contributed by atoms with Crippen LogP contribution in [-0.2, 0) is 20.0 Å². The van der Waals surface area contributed by atoms with Gasteiger partial charge in [-0.2, -0.15) is 0 Å². The van der Waals surface area contributed by atoms with E-state index in [0.717, 1.165) is 25.7 Å². The molecular weight excluding hydrogens is 462 g/mol. The number of carbonyl (C=O) groups excluding carboxylic acids is 1. The predicted molar refractivity (Wildman–Crippen MR) is 117 cm³/mol. The first-order valence-electron chi connectivity index (χ1n) is 9.90. The molecule has 1 amide bonds. The molecule has 2 N–H and O–H groups in total. The Morgan fingerprint density at radius 3 is 2.06 bits per heavy atom. The van der Waals surface area contributed by atoms with Gasteiger partial charge >= 0.3 is 0 Å². The Morgan fingerprint density at radius 1 is 0.903 bits per heavy atom. The fourth-order valence-corrected chi connectivity index (χ4v) is 5.92. The number of rotatable bonds is 7. The van der Waals surface area contributed by atoms with Crippen LogP contribution in [0.1, 0.15) is 36.0 Å². The number of hydrogen-bond acceptors (Lipinski definition) is 5. The maximum atomic E-state index is 12.9. The van der Waals surface area contributed by atoms with Gasteiger partial charge in [0, 0.05) is 24.2 Å². The molecule has 1 aliphatic carbocycles. The Morgan fingerprint density at radius 2 is 1.48 bits per heavy atom. The second-order valence-electron chi connectivity index (χ2n) is 7.66. The monoisotopic (exact) mass is 483 g/mol. The molecule has 11 heteroatoms. The zero-order chi connectivity index (χ0) is 22.2. The molecule has 8 nitrogen and oxygen atoms in total. The van der Waals surface area contributed by atoms with E-state index in [1.165, 1.54) is 42.5 Å². The quantitative estimate of drug-likeness (QED) is 0.628. The number of likely N-dealkylation sites (tertiary alicyclic amines) is 1. The van der Waals surface area contributed by atoms with Gasteiger partial charge in [-0.25, -0.2) is 21.6 Å². The van der Waals surface area contributed by atoms with Crippen molar-refractivity contribution in [2.75, 3.05) is 17.8 Å². The number of benzene rings is 2. The lowest BCUT2D eigenvalue weighted by Gasteiger charge is -2.18. The minimum atomic E-state index is -4.08. The number of nitrogens with zero attached hydrogens (tertiary/aromatic N) is 1. The number of carbonyl (C=O) groups is 1. The average Bonchev–Trinajstić information content (AvgIpc) is 3.34. The Kier molecular flexibility index (Phi) is 5.99. The van der Waals surface area contributed by atoms with E-state index in [-0.39, 0.29) is 38.0 Å². The largest absolute Gasteiger partial charge is 0.339 e. The number of sulfonamides is 2. The van der Waals surface area contributed by atoms with Crippen LogP contribution in [0, 0.1) is 0 Å². The highest BCUT2D eigenvalue weighted by atomic mass is 35.5. The molecule has 2 aromatic rings. The third-order valence-corrected chi connectivity index (χ3v) is 8.35. The summed E-state index contributed by atoms with van der Waals surface area (Å²) in [6.07, 6.45) is 3.41. The number of nitrogens with one attached hydrogen (secondary N) is 2. The standard InChI is InChI=1S/C20H22ClN3O5S2/c21-14-3-10-18(20(25)24-11-1-2-12-24)19(13-14)23-31(28,29)17-8-6-16(7-9-17)30(26,27)22-15-4-5-15/h3,6-10,13,15,22-23H,1-2,4-5,11-12H2. The van der Waals surface area contributed by atoms with Crippen molar-refractivity contribution in [3.63, 3.8) is 0 Å². The molecule has 0 bridgehead atoms. The van der Waals surface area contributed by atoms with E-state index in [2.05, 4.69) is 9.44 Å². The Balaban J connectivity index is 1.58. The zero-order valence-corrected chi connectivity index (χ0v) is 18.9. The fourth-order valence-electron chi connectivity index (χ4n) is 3.37. The SMILES string of the molecule is O=C(c1ccc(Cl)cc1NS(=O)(=O)c1ccc(S(=O)(=O)NC2CC2)cc1)N1CCCC1.